The van der Waals surface area contributed by atoms with Gasteiger partial charge in [0.2, 0.25) is 0 Å². The summed E-state index contributed by atoms with van der Waals surface area (Å²) in [6.07, 6.45) is 7.11. The molecule has 1 amide bonds. The van der Waals surface area contributed by atoms with Crippen LogP contribution in [0.3, 0.4) is 0 Å². The number of aryl methyl sites for hydroxylation is 2. The summed E-state index contributed by atoms with van der Waals surface area (Å²) >= 11 is 0. The summed E-state index contributed by atoms with van der Waals surface area (Å²) in [6, 6.07) is 6.18. The zero-order valence-electron chi connectivity index (χ0n) is 21.6. The number of allylic oxidation sites excluding steroid dienone is 2. The van der Waals surface area contributed by atoms with Gasteiger partial charge in [0.25, 0.3) is 11.5 Å². The molecule has 0 atom stereocenters. The Hall–Kier alpha value is -3.19. The first-order valence-electron chi connectivity index (χ1n) is 12.4. The molecule has 1 saturated heterocycles. The van der Waals surface area contributed by atoms with Gasteiger partial charge in [0.1, 0.15) is 0 Å². The van der Waals surface area contributed by atoms with Crippen molar-refractivity contribution in [1.82, 2.24) is 10.3 Å². The van der Waals surface area contributed by atoms with Crippen LogP contribution in [-0.2, 0) is 11.3 Å². The van der Waals surface area contributed by atoms with Gasteiger partial charge in [-0.25, -0.2) is 0 Å². The molecule has 1 aliphatic heterocycles. The van der Waals surface area contributed by atoms with E-state index in [9.17, 15) is 9.59 Å². The van der Waals surface area contributed by atoms with E-state index in [1.54, 1.807) is 0 Å². The Morgan fingerprint density at radius 3 is 2.57 bits per heavy atom. The Bertz CT molecular complexity index is 1160. The largest absolute Gasteiger partial charge is 0.381 e. The number of carbonyl (C=O) groups is 1. The Balaban J connectivity index is 1.99. The Morgan fingerprint density at radius 1 is 1.23 bits per heavy atom. The van der Waals surface area contributed by atoms with Crippen LogP contribution in [0.25, 0.3) is 5.57 Å². The summed E-state index contributed by atoms with van der Waals surface area (Å²) < 4.78 is 5.54. The number of pyridine rings is 1. The standard InChI is InChI=1S/C28H38N4O3/c1-6-7-8-21(16-29)22-14-24(20(4)26(15-22)32(5)23-9-11-35-12-10-23)27(33)30-17-25-18(2)13-19(3)31-28(25)34/h8,13-16,23,29H,6-7,9-12,17H2,1-5H3,(H,30,33)(H,31,34)/b21-8+,29-16?. The minimum atomic E-state index is -0.231. The molecule has 1 aromatic heterocycles. The van der Waals surface area contributed by atoms with Gasteiger partial charge < -0.3 is 25.3 Å². The van der Waals surface area contributed by atoms with Gasteiger partial charge in [-0.15, -0.1) is 0 Å². The molecule has 0 spiro atoms. The summed E-state index contributed by atoms with van der Waals surface area (Å²) in [7, 11) is 2.07. The molecule has 7 nitrogen and oxygen atoms in total. The molecule has 1 aromatic carbocycles. The molecule has 35 heavy (non-hydrogen) atoms. The predicted molar refractivity (Wildman–Crippen MR) is 143 cm³/mol. The predicted octanol–water partition coefficient (Wildman–Crippen LogP) is 4.68. The summed E-state index contributed by atoms with van der Waals surface area (Å²) in [5.41, 5.74) is 6.10. The third-order valence-corrected chi connectivity index (χ3v) is 6.80. The highest BCUT2D eigenvalue weighted by atomic mass is 16.5. The lowest BCUT2D eigenvalue weighted by molar-refractivity contribution is 0.0854. The van der Waals surface area contributed by atoms with Crippen LogP contribution in [0.2, 0.25) is 0 Å². The van der Waals surface area contributed by atoms with E-state index in [0.29, 0.717) is 17.2 Å². The minimum absolute atomic E-state index is 0.151. The van der Waals surface area contributed by atoms with Crippen molar-refractivity contribution in [2.24, 2.45) is 0 Å². The van der Waals surface area contributed by atoms with Crippen molar-refractivity contribution in [2.45, 2.75) is 66.0 Å². The fourth-order valence-corrected chi connectivity index (χ4v) is 4.66. The van der Waals surface area contributed by atoms with Crippen LogP contribution in [0.4, 0.5) is 5.69 Å². The maximum atomic E-state index is 13.4. The van der Waals surface area contributed by atoms with Gasteiger partial charge in [0, 0.05) is 61.6 Å². The van der Waals surface area contributed by atoms with Crippen LogP contribution in [-0.4, -0.2) is 43.4 Å². The number of benzene rings is 1. The number of anilines is 1. The van der Waals surface area contributed by atoms with E-state index in [-0.39, 0.29) is 18.0 Å². The summed E-state index contributed by atoms with van der Waals surface area (Å²) in [5.74, 6) is -0.231. The molecule has 2 heterocycles. The van der Waals surface area contributed by atoms with Crippen LogP contribution in [0, 0.1) is 26.2 Å². The normalized spacial score (nSPS) is 14.6. The lowest BCUT2D eigenvalue weighted by atomic mass is 9.95. The molecule has 188 valence electrons. The summed E-state index contributed by atoms with van der Waals surface area (Å²) in [6.45, 7) is 9.40. The maximum absolute atomic E-state index is 13.4. The van der Waals surface area contributed by atoms with E-state index >= 15 is 0 Å². The van der Waals surface area contributed by atoms with E-state index in [0.717, 1.165) is 72.5 Å². The van der Waals surface area contributed by atoms with Crippen LogP contribution >= 0.6 is 0 Å². The zero-order valence-corrected chi connectivity index (χ0v) is 21.6. The number of aromatic nitrogens is 1. The number of nitrogens with zero attached hydrogens (tertiary/aromatic N) is 1. The lowest BCUT2D eigenvalue weighted by Crippen LogP contribution is -2.37. The third kappa shape index (κ3) is 6.28. The second-order valence-corrected chi connectivity index (χ2v) is 9.34. The molecule has 0 aliphatic carbocycles. The van der Waals surface area contributed by atoms with Gasteiger partial charge in [0.05, 0.1) is 0 Å². The molecule has 0 bridgehead atoms. The van der Waals surface area contributed by atoms with Gasteiger partial charge >= 0.3 is 0 Å². The second kappa shape index (κ2) is 12.0. The highest BCUT2D eigenvalue weighted by Gasteiger charge is 2.23. The Kier molecular flexibility index (Phi) is 9.04. The van der Waals surface area contributed by atoms with Crippen molar-refractivity contribution in [1.29, 1.82) is 5.41 Å². The molecule has 0 unspecified atom stereocenters. The van der Waals surface area contributed by atoms with E-state index in [2.05, 4.69) is 35.2 Å². The van der Waals surface area contributed by atoms with Crippen LogP contribution < -0.4 is 15.8 Å². The smallest absolute Gasteiger partial charge is 0.253 e. The first-order chi connectivity index (χ1) is 16.8. The fourth-order valence-electron chi connectivity index (χ4n) is 4.66. The van der Waals surface area contributed by atoms with Gasteiger partial charge in [-0.2, -0.15) is 0 Å². The number of amides is 1. The highest BCUT2D eigenvalue weighted by molar-refractivity contribution is 6.10. The molecule has 1 aliphatic rings. The number of hydrogen-bond donors (Lipinski definition) is 3. The van der Waals surface area contributed by atoms with Crippen LogP contribution in [0.5, 0.6) is 0 Å². The molecule has 0 saturated carbocycles. The van der Waals surface area contributed by atoms with E-state index in [4.69, 9.17) is 10.1 Å². The van der Waals surface area contributed by atoms with E-state index in [1.807, 2.05) is 39.0 Å². The summed E-state index contributed by atoms with van der Waals surface area (Å²) in [4.78, 5) is 30.9. The fraction of sp³-hybridized carbons (Fsp3) is 0.464. The molecule has 1 fully saturated rings. The average molecular weight is 479 g/mol. The molecule has 0 radical (unpaired) electrons. The zero-order chi connectivity index (χ0) is 25.5. The number of aromatic amines is 1. The number of unbranched alkanes of at least 4 members (excludes halogenated alkanes) is 1. The number of rotatable bonds is 9. The quantitative estimate of drug-likeness (QED) is 0.456. The van der Waals surface area contributed by atoms with Crippen molar-refractivity contribution in [2.75, 3.05) is 25.2 Å². The molecular formula is C28H38N4O3. The number of nitrogens with one attached hydrogen (secondary N) is 3. The summed E-state index contributed by atoms with van der Waals surface area (Å²) in [5, 5.41) is 10.9. The first kappa shape index (κ1) is 26.4. The van der Waals surface area contributed by atoms with Gasteiger partial charge in [-0.1, -0.05) is 19.4 Å². The van der Waals surface area contributed by atoms with Crippen LogP contribution in [0.1, 0.15) is 70.9 Å². The minimum Gasteiger partial charge on any atom is -0.381 e. The molecular weight excluding hydrogens is 440 g/mol. The SMILES string of the molecule is CCC/C=C(\C=N)c1cc(C(=O)NCc2c(C)cc(C)[nH]c2=O)c(C)c(N(C)C2CCOCC2)c1. The average Bonchev–Trinajstić information content (AvgIpc) is 2.84. The first-order valence-corrected chi connectivity index (χ1v) is 12.4. The van der Waals surface area contributed by atoms with E-state index < -0.39 is 0 Å². The second-order valence-electron chi connectivity index (χ2n) is 9.34. The van der Waals surface area contributed by atoms with Crippen molar-refractivity contribution < 1.29 is 9.53 Å². The van der Waals surface area contributed by atoms with Crippen LogP contribution in [0.15, 0.2) is 29.1 Å². The molecule has 2 aromatic rings. The highest BCUT2D eigenvalue weighted by Crippen LogP contribution is 2.31. The Labute approximate surface area is 208 Å². The van der Waals surface area contributed by atoms with Crippen molar-refractivity contribution in [3.05, 3.63) is 68.1 Å². The van der Waals surface area contributed by atoms with Crippen molar-refractivity contribution in [3.63, 3.8) is 0 Å². The third-order valence-electron chi connectivity index (χ3n) is 6.80. The maximum Gasteiger partial charge on any atom is 0.253 e. The molecule has 3 N–H and O–H groups in total. The monoisotopic (exact) mass is 478 g/mol. The van der Waals surface area contributed by atoms with E-state index in [1.165, 1.54) is 6.21 Å². The number of H-pyrrole nitrogens is 1. The lowest BCUT2D eigenvalue weighted by Gasteiger charge is -2.34. The van der Waals surface area contributed by atoms with Crippen molar-refractivity contribution >= 4 is 23.4 Å². The van der Waals surface area contributed by atoms with Gasteiger partial charge in [-0.3, -0.25) is 9.59 Å². The molecule has 7 heteroatoms. The van der Waals surface area contributed by atoms with Gasteiger partial charge in [-0.05, 0) is 80.5 Å². The van der Waals surface area contributed by atoms with Gasteiger partial charge in [0.15, 0.2) is 0 Å². The van der Waals surface area contributed by atoms with Crippen molar-refractivity contribution in [3.8, 4) is 0 Å². The Morgan fingerprint density at radius 2 is 1.94 bits per heavy atom. The molecule has 3 rings (SSSR count). The number of carbonyl (C=O) groups excluding carboxylic acids is 1. The number of hydrogen-bond acceptors (Lipinski definition) is 5. The topological polar surface area (TPSA) is 98.3 Å². The number of ether oxygens (including phenoxy) is 1.